The molecule has 0 spiro atoms. The maximum atomic E-state index is 5.39. The van der Waals surface area contributed by atoms with Crippen LogP contribution in [0.4, 0.5) is 5.82 Å². The molecule has 0 amide bonds. The summed E-state index contributed by atoms with van der Waals surface area (Å²) in [5.74, 6) is 1.78. The minimum absolute atomic E-state index is 0.760. The molecule has 5 heteroatoms. The molecule has 0 unspecified atom stereocenters. The highest BCUT2D eigenvalue weighted by Crippen LogP contribution is 2.08. The van der Waals surface area contributed by atoms with Crippen molar-refractivity contribution in [1.29, 1.82) is 0 Å². The molecule has 108 valence electrons. The van der Waals surface area contributed by atoms with Gasteiger partial charge >= 0.3 is 0 Å². The van der Waals surface area contributed by atoms with Crippen LogP contribution in [0.1, 0.15) is 32.3 Å². The van der Waals surface area contributed by atoms with Gasteiger partial charge in [0.05, 0.1) is 13.2 Å². The van der Waals surface area contributed by atoms with Gasteiger partial charge in [0.15, 0.2) is 0 Å². The van der Waals surface area contributed by atoms with E-state index in [-0.39, 0.29) is 0 Å². The second-order valence-electron chi connectivity index (χ2n) is 4.41. The van der Waals surface area contributed by atoms with Crippen molar-refractivity contribution in [2.75, 3.05) is 38.2 Å². The molecule has 0 aromatic carbocycles. The number of ether oxygens (including phenoxy) is 1. The van der Waals surface area contributed by atoms with Crippen LogP contribution in [-0.2, 0) is 11.3 Å². The number of aryl methyl sites for hydroxylation is 1. The van der Waals surface area contributed by atoms with E-state index in [1.165, 1.54) is 0 Å². The molecule has 5 nitrogen and oxygen atoms in total. The normalized spacial score (nSPS) is 11.0. The molecule has 0 radical (unpaired) electrons. The molecule has 0 bridgehead atoms. The lowest BCUT2D eigenvalue weighted by atomic mass is 10.3. The van der Waals surface area contributed by atoms with Crippen LogP contribution in [0.3, 0.4) is 0 Å². The molecule has 19 heavy (non-hydrogen) atoms. The molecule has 1 heterocycles. The summed E-state index contributed by atoms with van der Waals surface area (Å²) in [7, 11) is 0. The quantitative estimate of drug-likeness (QED) is 0.693. The molecular formula is C14H26N4O. The van der Waals surface area contributed by atoms with Gasteiger partial charge in [0.2, 0.25) is 0 Å². The first-order valence-electron chi connectivity index (χ1n) is 7.08. The Morgan fingerprint density at radius 3 is 2.68 bits per heavy atom. The van der Waals surface area contributed by atoms with Crippen molar-refractivity contribution in [2.24, 2.45) is 0 Å². The van der Waals surface area contributed by atoms with Crippen LogP contribution in [0, 0.1) is 6.92 Å². The largest absolute Gasteiger partial charge is 0.380 e. The molecule has 1 rings (SSSR count). The topological polar surface area (TPSA) is 50.3 Å². The zero-order valence-corrected chi connectivity index (χ0v) is 12.6. The number of nitrogens with zero attached hydrogens (tertiary/aromatic N) is 3. The van der Waals surface area contributed by atoms with Crippen molar-refractivity contribution in [3.05, 3.63) is 17.6 Å². The fraction of sp³-hybridized carbons (Fsp3) is 0.714. The van der Waals surface area contributed by atoms with Crippen molar-refractivity contribution in [3.63, 3.8) is 0 Å². The fourth-order valence-corrected chi connectivity index (χ4v) is 1.86. The summed E-state index contributed by atoms with van der Waals surface area (Å²) < 4.78 is 5.39. The third-order valence-corrected chi connectivity index (χ3v) is 2.83. The summed E-state index contributed by atoms with van der Waals surface area (Å²) in [6, 6.07) is 1.98. The Balaban J connectivity index is 2.62. The Morgan fingerprint density at radius 1 is 1.26 bits per heavy atom. The zero-order chi connectivity index (χ0) is 14.1. The third kappa shape index (κ3) is 5.98. The van der Waals surface area contributed by atoms with Gasteiger partial charge < -0.3 is 10.1 Å². The molecule has 0 aliphatic carbocycles. The first kappa shape index (κ1) is 15.9. The van der Waals surface area contributed by atoms with E-state index < -0.39 is 0 Å². The molecular weight excluding hydrogens is 240 g/mol. The lowest BCUT2D eigenvalue weighted by Gasteiger charge is -2.19. The van der Waals surface area contributed by atoms with Crippen molar-refractivity contribution in [1.82, 2.24) is 14.9 Å². The van der Waals surface area contributed by atoms with Crippen LogP contribution < -0.4 is 5.32 Å². The van der Waals surface area contributed by atoms with Gasteiger partial charge in [0.1, 0.15) is 11.6 Å². The van der Waals surface area contributed by atoms with Crippen LogP contribution in [0.2, 0.25) is 0 Å². The van der Waals surface area contributed by atoms with Gasteiger partial charge in [-0.1, -0.05) is 6.92 Å². The van der Waals surface area contributed by atoms with Crippen LogP contribution >= 0.6 is 0 Å². The fourth-order valence-electron chi connectivity index (χ4n) is 1.86. The molecule has 0 fully saturated rings. The highest BCUT2D eigenvalue weighted by molar-refractivity contribution is 5.35. The average molecular weight is 266 g/mol. The van der Waals surface area contributed by atoms with Crippen LogP contribution in [0.25, 0.3) is 0 Å². The van der Waals surface area contributed by atoms with Gasteiger partial charge in [0, 0.05) is 31.5 Å². The number of anilines is 1. The first-order chi connectivity index (χ1) is 9.19. The number of hydrogen-bond donors (Lipinski definition) is 1. The summed E-state index contributed by atoms with van der Waals surface area (Å²) in [5.41, 5.74) is 1.00. The van der Waals surface area contributed by atoms with Gasteiger partial charge in [-0.25, -0.2) is 9.97 Å². The van der Waals surface area contributed by atoms with Gasteiger partial charge in [0.25, 0.3) is 0 Å². The van der Waals surface area contributed by atoms with E-state index in [9.17, 15) is 0 Å². The standard InChI is InChI=1S/C14H26N4O/c1-5-15-13-10-12(4)16-14(17-13)11-18(6-2)8-9-19-7-3/h10H,5-9,11H2,1-4H3,(H,15,16,17). The number of nitrogens with one attached hydrogen (secondary N) is 1. The molecule has 1 N–H and O–H groups in total. The van der Waals surface area contributed by atoms with Crippen LogP contribution in [0.5, 0.6) is 0 Å². The van der Waals surface area contributed by atoms with Gasteiger partial charge in [-0.05, 0) is 27.3 Å². The van der Waals surface area contributed by atoms with Gasteiger partial charge in [-0.3, -0.25) is 4.90 Å². The summed E-state index contributed by atoms with van der Waals surface area (Å²) in [6.07, 6.45) is 0. The molecule has 1 aromatic heterocycles. The number of rotatable bonds is 9. The maximum absolute atomic E-state index is 5.39. The van der Waals surface area contributed by atoms with E-state index in [1.54, 1.807) is 0 Å². The van der Waals surface area contributed by atoms with E-state index >= 15 is 0 Å². The van der Waals surface area contributed by atoms with Crippen molar-refractivity contribution >= 4 is 5.82 Å². The Morgan fingerprint density at radius 2 is 2.05 bits per heavy atom. The average Bonchev–Trinajstić information content (AvgIpc) is 2.37. The van der Waals surface area contributed by atoms with E-state index in [2.05, 4.69) is 34.0 Å². The van der Waals surface area contributed by atoms with Crippen LogP contribution in [-0.4, -0.2) is 47.7 Å². The Labute approximate surface area is 116 Å². The molecule has 0 saturated carbocycles. The van der Waals surface area contributed by atoms with Crippen LogP contribution in [0.15, 0.2) is 6.07 Å². The SMILES string of the molecule is CCNc1cc(C)nc(CN(CC)CCOCC)n1. The number of hydrogen-bond acceptors (Lipinski definition) is 5. The minimum Gasteiger partial charge on any atom is -0.380 e. The van der Waals surface area contributed by atoms with Crippen molar-refractivity contribution in [2.45, 2.75) is 34.2 Å². The Hall–Kier alpha value is -1.20. The smallest absolute Gasteiger partial charge is 0.144 e. The highest BCUT2D eigenvalue weighted by atomic mass is 16.5. The first-order valence-corrected chi connectivity index (χ1v) is 7.08. The lowest BCUT2D eigenvalue weighted by Crippen LogP contribution is -2.28. The third-order valence-electron chi connectivity index (χ3n) is 2.83. The summed E-state index contributed by atoms with van der Waals surface area (Å²) in [6.45, 7) is 13.3. The molecule has 0 saturated heterocycles. The summed E-state index contributed by atoms with van der Waals surface area (Å²) in [4.78, 5) is 11.3. The van der Waals surface area contributed by atoms with E-state index in [0.29, 0.717) is 0 Å². The zero-order valence-electron chi connectivity index (χ0n) is 12.6. The second-order valence-corrected chi connectivity index (χ2v) is 4.41. The van der Waals surface area contributed by atoms with Crippen molar-refractivity contribution in [3.8, 4) is 0 Å². The predicted molar refractivity (Wildman–Crippen MR) is 78.4 cm³/mol. The molecule has 0 atom stereocenters. The maximum Gasteiger partial charge on any atom is 0.144 e. The Kier molecular flexibility index (Phi) is 7.36. The van der Waals surface area contributed by atoms with E-state index in [4.69, 9.17) is 4.74 Å². The van der Waals surface area contributed by atoms with Gasteiger partial charge in [-0.2, -0.15) is 0 Å². The monoisotopic (exact) mass is 266 g/mol. The van der Waals surface area contributed by atoms with E-state index in [0.717, 1.165) is 56.7 Å². The number of aromatic nitrogens is 2. The Bertz CT molecular complexity index is 370. The van der Waals surface area contributed by atoms with Gasteiger partial charge in [-0.15, -0.1) is 0 Å². The molecule has 1 aromatic rings. The predicted octanol–water partition coefficient (Wildman–Crippen LogP) is 2.08. The summed E-state index contributed by atoms with van der Waals surface area (Å²) in [5, 5.41) is 3.24. The second kappa shape index (κ2) is 8.82. The highest BCUT2D eigenvalue weighted by Gasteiger charge is 2.07. The lowest BCUT2D eigenvalue weighted by molar-refractivity contribution is 0.112. The molecule has 0 aliphatic heterocycles. The number of likely N-dealkylation sites (N-methyl/N-ethyl adjacent to an activating group) is 1. The molecule has 0 aliphatic rings. The minimum atomic E-state index is 0.760. The van der Waals surface area contributed by atoms with Crippen molar-refractivity contribution < 1.29 is 4.74 Å². The van der Waals surface area contributed by atoms with E-state index in [1.807, 2.05) is 19.9 Å². The summed E-state index contributed by atoms with van der Waals surface area (Å²) >= 11 is 0.